The predicted octanol–water partition coefficient (Wildman–Crippen LogP) is 2.13. The molecule has 1 aromatic carbocycles. The van der Waals surface area contributed by atoms with Gasteiger partial charge in [0.1, 0.15) is 0 Å². The molecular formula is C13H19BrN2O2S. The van der Waals surface area contributed by atoms with Crippen LogP contribution in [0.3, 0.4) is 0 Å². The van der Waals surface area contributed by atoms with Crippen LogP contribution in [0.1, 0.15) is 18.4 Å². The van der Waals surface area contributed by atoms with E-state index in [4.69, 9.17) is 0 Å². The van der Waals surface area contributed by atoms with Gasteiger partial charge in [0.05, 0.1) is 4.90 Å². The van der Waals surface area contributed by atoms with Crippen LogP contribution >= 0.6 is 15.9 Å². The lowest BCUT2D eigenvalue weighted by Gasteiger charge is -2.24. The highest BCUT2D eigenvalue weighted by molar-refractivity contribution is 9.10. The number of likely N-dealkylation sites (N-methyl/N-ethyl adjacent to an activating group) is 1. The number of sulfonamides is 1. The number of aryl methyl sites for hydroxylation is 1. The number of hydrogen-bond acceptors (Lipinski definition) is 3. The molecule has 0 saturated carbocycles. The van der Waals surface area contributed by atoms with Crippen LogP contribution < -0.4 is 5.32 Å². The summed E-state index contributed by atoms with van der Waals surface area (Å²) in [7, 11) is -1.54. The summed E-state index contributed by atoms with van der Waals surface area (Å²) in [5.74, 6) is 0. The third-order valence-corrected chi connectivity index (χ3v) is 5.77. The number of nitrogens with zero attached hydrogens (tertiary/aromatic N) is 1. The van der Waals surface area contributed by atoms with Gasteiger partial charge in [-0.05, 0) is 50.6 Å². The van der Waals surface area contributed by atoms with Gasteiger partial charge in [-0.2, -0.15) is 4.31 Å². The molecule has 1 aliphatic heterocycles. The second kappa shape index (κ2) is 5.91. The minimum Gasteiger partial charge on any atom is -0.318 e. The normalized spacial score (nSPS) is 20.9. The van der Waals surface area contributed by atoms with Crippen LogP contribution in [0.2, 0.25) is 0 Å². The van der Waals surface area contributed by atoms with E-state index in [1.54, 1.807) is 16.4 Å². The van der Waals surface area contributed by atoms with Gasteiger partial charge in [-0.3, -0.25) is 0 Å². The van der Waals surface area contributed by atoms with E-state index in [1.807, 2.05) is 20.0 Å². The Morgan fingerprint density at radius 3 is 2.79 bits per heavy atom. The van der Waals surface area contributed by atoms with E-state index in [2.05, 4.69) is 21.2 Å². The van der Waals surface area contributed by atoms with E-state index in [-0.39, 0.29) is 6.04 Å². The smallest absolute Gasteiger partial charge is 0.243 e. The van der Waals surface area contributed by atoms with E-state index >= 15 is 0 Å². The molecule has 0 bridgehead atoms. The number of nitrogens with one attached hydrogen (secondary N) is 1. The molecule has 1 aromatic rings. The number of rotatable bonds is 4. The van der Waals surface area contributed by atoms with Crippen molar-refractivity contribution in [3.05, 3.63) is 28.2 Å². The Labute approximate surface area is 123 Å². The van der Waals surface area contributed by atoms with E-state index in [0.717, 1.165) is 22.9 Å². The lowest BCUT2D eigenvalue weighted by atomic mass is 10.2. The van der Waals surface area contributed by atoms with Crippen molar-refractivity contribution in [3.8, 4) is 0 Å². The summed E-state index contributed by atoms with van der Waals surface area (Å²) in [5, 5.41) is 3.07. The lowest BCUT2D eigenvalue weighted by Crippen LogP contribution is -2.40. The molecule has 4 nitrogen and oxygen atoms in total. The first-order valence-electron chi connectivity index (χ1n) is 6.39. The fourth-order valence-corrected chi connectivity index (χ4v) is 5.14. The quantitative estimate of drug-likeness (QED) is 0.908. The third kappa shape index (κ3) is 3.18. The van der Waals surface area contributed by atoms with Crippen molar-refractivity contribution in [2.24, 2.45) is 0 Å². The van der Waals surface area contributed by atoms with Gasteiger partial charge in [0, 0.05) is 23.6 Å². The minimum atomic E-state index is -3.39. The van der Waals surface area contributed by atoms with Crippen LogP contribution in [0.25, 0.3) is 0 Å². The van der Waals surface area contributed by atoms with Crippen molar-refractivity contribution in [2.45, 2.75) is 30.7 Å². The molecule has 1 fully saturated rings. The van der Waals surface area contributed by atoms with Crippen molar-refractivity contribution in [3.63, 3.8) is 0 Å². The van der Waals surface area contributed by atoms with Crippen LogP contribution in [0, 0.1) is 6.92 Å². The third-order valence-electron chi connectivity index (χ3n) is 3.39. The van der Waals surface area contributed by atoms with Crippen LogP contribution in [-0.4, -0.2) is 38.9 Å². The maximum absolute atomic E-state index is 12.7. The zero-order valence-electron chi connectivity index (χ0n) is 11.2. The summed E-state index contributed by atoms with van der Waals surface area (Å²) < 4.78 is 27.8. The zero-order chi connectivity index (χ0) is 14.0. The first-order valence-corrected chi connectivity index (χ1v) is 8.62. The second-order valence-corrected chi connectivity index (χ2v) is 7.74. The molecule has 1 unspecified atom stereocenters. The van der Waals surface area contributed by atoms with E-state index in [9.17, 15) is 8.42 Å². The lowest BCUT2D eigenvalue weighted by molar-refractivity contribution is 0.379. The van der Waals surface area contributed by atoms with Gasteiger partial charge in [0.25, 0.3) is 0 Å². The molecule has 106 valence electrons. The summed E-state index contributed by atoms with van der Waals surface area (Å²) in [6, 6.07) is 5.38. The Morgan fingerprint density at radius 1 is 1.42 bits per heavy atom. The summed E-state index contributed by atoms with van der Waals surface area (Å²) in [6.45, 7) is 3.21. The largest absolute Gasteiger partial charge is 0.318 e. The van der Waals surface area contributed by atoms with Gasteiger partial charge in [0.2, 0.25) is 10.0 Å². The summed E-state index contributed by atoms with van der Waals surface area (Å²) in [6.07, 6.45) is 1.85. The van der Waals surface area contributed by atoms with E-state index < -0.39 is 10.0 Å². The minimum absolute atomic E-state index is 0.0642. The van der Waals surface area contributed by atoms with Gasteiger partial charge in [0.15, 0.2) is 0 Å². The van der Waals surface area contributed by atoms with Gasteiger partial charge in [-0.25, -0.2) is 8.42 Å². The molecule has 19 heavy (non-hydrogen) atoms. The highest BCUT2D eigenvalue weighted by Crippen LogP contribution is 2.28. The van der Waals surface area contributed by atoms with E-state index in [0.29, 0.717) is 18.0 Å². The van der Waals surface area contributed by atoms with Crippen molar-refractivity contribution in [1.29, 1.82) is 0 Å². The average Bonchev–Trinajstić information content (AvgIpc) is 2.77. The SMILES string of the molecule is CNCC1CCCN1S(=O)(=O)c1cc(C)cc(Br)c1. The molecule has 6 heteroatoms. The molecule has 0 radical (unpaired) electrons. The Bertz CT molecular complexity index is 540. The van der Waals surface area contributed by atoms with Crippen LogP contribution in [0.5, 0.6) is 0 Å². The van der Waals surface area contributed by atoms with E-state index in [1.165, 1.54) is 0 Å². The highest BCUT2D eigenvalue weighted by Gasteiger charge is 2.34. The van der Waals surface area contributed by atoms with Crippen molar-refractivity contribution in [2.75, 3.05) is 20.1 Å². The first-order chi connectivity index (χ1) is 8.95. The molecule has 0 amide bonds. The Morgan fingerprint density at radius 2 is 2.16 bits per heavy atom. The standard InChI is InChI=1S/C13H19BrN2O2S/c1-10-6-11(14)8-13(7-10)19(17,18)16-5-3-4-12(16)9-15-2/h6-8,12,15H,3-5,9H2,1-2H3. The molecule has 0 aliphatic carbocycles. The predicted molar refractivity (Wildman–Crippen MR) is 79.7 cm³/mol. The average molecular weight is 347 g/mol. The van der Waals surface area contributed by atoms with Gasteiger partial charge in [-0.1, -0.05) is 15.9 Å². The maximum atomic E-state index is 12.7. The topological polar surface area (TPSA) is 49.4 Å². The monoisotopic (exact) mass is 346 g/mol. The Balaban J connectivity index is 2.36. The zero-order valence-corrected chi connectivity index (χ0v) is 13.6. The fourth-order valence-electron chi connectivity index (χ4n) is 2.55. The highest BCUT2D eigenvalue weighted by atomic mass is 79.9. The summed E-state index contributed by atoms with van der Waals surface area (Å²) >= 11 is 3.36. The summed E-state index contributed by atoms with van der Waals surface area (Å²) in [5.41, 5.74) is 0.942. The maximum Gasteiger partial charge on any atom is 0.243 e. The van der Waals surface area contributed by atoms with Crippen LogP contribution in [0.15, 0.2) is 27.6 Å². The molecule has 1 saturated heterocycles. The van der Waals surface area contributed by atoms with Crippen molar-refractivity contribution < 1.29 is 8.42 Å². The fraction of sp³-hybridized carbons (Fsp3) is 0.538. The molecule has 1 N–H and O–H groups in total. The molecule has 0 aromatic heterocycles. The second-order valence-electron chi connectivity index (χ2n) is 4.93. The molecule has 1 atom stereocenters. The van der Waals surface area contributed by atoms with Crippen LogP contribution in [-0.2, 0) is 10.0 Å². The molecule has 2 rings (SSSR count). The van der Waals surface area contributed by atoms with Crippen molar-refractivity contribution >= 4 is 26.0 Å². The number of halogens is 1. The van der Waals surface area contributed by atoms with Gasteiger partial charge >= 0.3 is 0 Å². The molecule has 1 heterocycles. The van der Waals surface area contributed by atoms with Crippen molar-refractivity contribution in [1.82, 2.24) is 9.62 Å². The summed E-state index contributed by atoms with van der Waals surface area (Å²) in [4.78, 5) is 0.377. The molecular weight excluding hydrogens is 328 g/mol. The first kappa shape index (κ1) is 15.0. The number of hydrogen-bond donors (Lipinski definition) is 1. The molecule has 0 spiro atoms. The number of benzene rings is 1. The Hall–Kier alpha value is -0.430. The van der Waals surface area contributed by atoms with Gasteiger partial charge in [-0.15, -0.1) is 0 Å². The van der Waals surface area contributed by atoms with Gasteiger partial charge < -0.3 is 5.32 Å². The molecule has 1 aliphatic rings. The Kier molecular flexibility index (Phi) is 4.66. The van der Waals surface area contributed by atoms with Crippen LogP contribution in [0.4, 0.5) is 0 Å².